The van der Waals surface area contributed by atoms with E-state index in [4.69, 9.17) is 0 Å². The molecule has 0 fully saturated rings. The minimum absolute atomic E-state index is 0.0957. The smallest absolute Gasteiger partial charge is 0.258 e. The van der Waals surface area contributed by atoms with Crippen LogP contribution in [-0.4, -0.2) is 19.9 Å². The van der Waals surface area contributed by atoms with Gasteiger partial charge in [0.05, 0.1) is 21.8 Å². The Labute approximate surface area is 292 Å². The largest absolute Gasteiger partial charge is 0.354 e. The molecule has 6 heteroatoms. The Bertz CT molecular complexity index is 3690. The molecule has 4 N–H and O–H groups in total. The van der Waals surface area contributed by atoms with Gasteiger partial charge in [0.2, 0.25) is 0 Å². The Morgan fingerprint density at radius 1 is 0.288 bits per heavy atom. The van der Waals surface area contributed by atoms with Crippen molar-refractivity contribution in [2.75, 3.05) is 0 Å². The molecule has 0 bridgehead atoms. The van der Waals surface area contributed by atoms with Crippen molar-refractivity contribution in [1.29, 1.82) is 0 Å². The van der Waals surface area contributed by atoms with E-state index in [9.17, 15) is 9.59 Å². The van der Waals surface area contributed by atoms with E-state index in [1.807, 2.05) is 54.6 Å². The van der Waals surface area contributed by atoms with Gasteiger partial charge in [0.25, 0.3) is 11.1 Å². The summed E-state index contributed by atoms with van der Waals surface area (Å²) >= 11 is 0. The number of aromatic amines is 4. The van der Waals surface area contributed by atoms with Crippen molar-refractivity contribution >= 4 is 109 Å². The second-order valence-electron chi connectivity index (χ2n) is 13.9. The van der Waals surface area contributed by atoms with Crippen molar-refractivity contribution in [2.45, 2.75) is 0 Å². The van der Waals surface area contributed by atoms with E-state index in [-0.39, 0.29) is 11.1 Å². The zero-order valence-electron chi connectivity index (χ0n) is 27.5. The monoisotopic (exact) mass is 666 g/mol. The molecule has 0 atom stereocenters. The number of aromatic nitrogens is 4. The minimum Gasteiger partial charge on any atom is -0.354 e. The third kappa shape index (κ3) is 3.47. The van der Waals surface area contributed by atoms with Crippen LogP contribution in [0, 0.1) is 0 Å². The van der Waals surface area contributed by atoms with Gasteiger partial charge in [-0.3, -0.25) is 9.59 Å². The second kappa shape index (κ2) is 9.74. The molecule has 242 valence electrons. The Hall–Kier alpha value is -7.18. The summed E-state index contributed by atoms with van der Waals surface area (Å²) in [6.45, 7) is 0. The highest BCUT2D eigenvalue weighted by Gasteiger charge is 2.21. The van der Waals surface area contributed by atoms with Gasteiger partial charge in [0, 0.05) is 70.5 Å². The third-order valence-electron chi connectivity index (χ3n) is 11.2. The quantitative estimate of drug-likeness (QED) is 0.131. The van der Waals surface area contributed by atoms with Gasteiger partial charge in [0.15, 0.2) is 0 Å². The van der Waals surface area contributed by atoms with Crippen LogP contribution in [0.15, 0.2) is 143 Å². The average molecular weight is 667 g/mol. The number of nitrogens with one attached hydrogen (secondary N) is 4. The van der Waals surface area contributed by atoms with Crippen LogP contribution in [0.2, 0.25) is 0 Å². The van der Waals surface area contributed by atoms with E-state index in [2.05, 4.69) is 98.8 Å². The Balaban J connectivity index is 1.19. The van der Waals surface area contributed by atoms with E-state index in [0.29, 0.717) is 10.8 Å². The van der Waals surface area contributed by atoms with Gasteiger partial charge in [0.1, 0.15) is 0 Å². The molecule has 12 rings (SSSR count). The van der Waals surface area contributed by atoms with Gasteiger partial charge in [-0.15, -0.1) is 0 Å². The Morgan fingerprint density at radius 3 is 1.44 bits per heavy atom. The molecule has 4 aromatic heterocycles. The molecule has 0 saturated carbocycles. The van der Waals surface area contributed by atoms with Crippen LogP contribution in [0.1, 0.15) is 0 Å². The lowest BCUT2D eigenvalue weighted by Gasteiger charge is -2.12. The Kier molecular flexibility index (Phi) is 5.17. The molecule has 0 saturated heterocycles. The number of fused-ring (bicyclic) bond motifs is 20. The molecule has 6 nitrogen and oxygen atoms in total. The molecule has 0 amide bonds. The molecule has 4 heterocycles. The fourth-order valence-corrected chi connectivity index (χ4v) is 9.04. The summed E-state index contributed by atoms with van der Waals surface area (Å²) in [6.07, 6.45) is 0. The van der Waals surface area contributed by atoms with Gasteiger partial charge in [-0.2, -0.15) is 0 Å². The summed E-state index contributed by atoms with van der Waals surface area (Å²) < 4.78 is 0. The van der Waals surface area contributed by atoms with Crippen LogP contribution in [0.4, 0.5) is 0 Å². The lowest BCUT2D eigenvalue weighted by Crippen LogP contribution is -2.07. The molecule has 52 heavy (non-hydrogen) atoms. The van der Waals surface area contributed by atoms with E-state index >= 15 is 0 Å². The van der Waals surface area contributed by atoms with Crippen molar-refractivity contribution < 1.29 is 0 Å². The highest BCUT2D eigenvalue weighted by Crippen LogP contribution is 2.43. The van der Waals surface area contributed by atoms with Gasteiger partial charge < -0.3 is 19.9 Å². The van der Waals surface area contributed by atoms with Gasteiger partial charge in [-0.1, -0.05) is 103 Å². The van der Waals surface area contributed by atoms with Crippen molar-refractivity contribution in [1.82, 2.24) is 19.9 Å². The minimum atomic E-state index is -0.112. The number of hydrogen-bond donors (Lipinski definition) is 4. The van der Waals surface area contributed by atoms with Crippen molar-refractivity contribution in [3.8, 4) is 11.1 Å². The Morgan fingerprint density at radius 2 is 0.750 bits per heavy atom. The van der Waals surface area contributed by atoms with E-state index < -0.39 is 0 Å². The lowest BCUT2D eigenvalue weighted by atomic mass is 9.92. The third-order valence-corrected chi connectivity index (χ3v) is 11.2. The summed E-state index contributed by atoms with van der Waals surface area (Å²) in [5, 5.41) is 13.6. The van der Waals surface area contributed by atoms with E-state index in [1.165, 1.54) is 0 Å². The molecule has 8 aromatic carbocycles. The molecular formula is C46H26N4O2. The number of benzene rings is 8. The van der Waals surface area contributed by atoms with Crippen LogP contribution in [0.3, 0.4) is 0 Å². The molecule has 0 radical (unpaired) electrons. The highest BCUT2D eigenvalue weighted by molar-refractivity contribution is 6.36. The van der Waals surface area contributed by atoms with Crippen molar-refractivity contribution in [3.05, 3.63) is 154 Å². The molecular weight excluding hydrogens is 641 g/mol. The maximum absolute atomic E-state index is 13.9. The fraction of sp³-hybridized carbons (Fsp3) is 0. The average Bonchev–Trinajstić information content (AvgIpc) is 3.76. The van der Waals surface area contributed by atoms with Crippen LogP contribution in [0.25, 0.3) is 120 Å². The first-order chi connectivity index (χ1) is 25.6. The van der Waals surface area contributed by atoms with Gasteiger partial charge >= 0.3 is 0 Å². The number of hydrogen-bond acceptors (Lipinski definition) is 2. The molecule has 0 aliphatic carbocycles. The highest BCUT2D eigenvalue weighted by atomic mass is 16.1. The van der Waals surface area contributed by atoms with Crippen LogP contribution in [0.5, 0.6) is 0 Å². The topological polar surface area (TPSA) is 97.3 Å². The van der Waals surface area contributed by atoms with E-state index in [0.717, 1.165) is 109 Å². The molecule has 0 aliphatic heterocycles. The summed E-state index contributed by atoms with van der Waals surface area (Å²) in [5.41, 5.74) is 7.26. The lowest BCUT2D eigenvalue weighted by molar-refractivity contribution is 1.35. The van der Waals surface area contributed by atoms with E-state index in [1.54, 1.807) is 0 Å². The zero-order chi connectivity index (χ0) is 34.2. The molecule has 0 aliphatic rings. The fourth-order valence-electron chi connectivity index (χ4n) is 9.04. The first-order valence-corrected chi connectivity index (χ1v) is 17.4. The zero-order valence-corrected chi connectivity index (χ0v) is 27.5. The predicted octanol–water partition coefficient (Wildman–Crippen LogP) is 10.9. The standard InChI is InChI=1S/C46H26N4O2/c51-45-41-37(28-11-3-7-15-34(28)49-45)25-9-1-2-10-27(25)43-40(41)31-20-18-24(22-36(31)48-43)23-17-19-26-32(21-23)38-29-12-4-8-16-35(29)50-46(52)42(38)44-39(26)30-13-5-6-14-33(30)47-44/h1-22,47-48H,(H,49,51)(H,50,52). The molecule has 12 aromatic rings. The van der Waals surface area contributed by atoms with Crippen molar-refractivity contribution in [3.63, 3.8) is 0 Å². The summed E-state index contributed by atoms with van der Waals surface area (Å²) in [7, 11) is 0. The number of rotatable bonds is 1. The summed E-state index contributed by atoms with van der Waals surface area (Å²) in [6, 6.07) is 45.7. The van der Waals surface area contributed by atoms with Gasteiger partial charge in [-0.25, -0.2) is 0 Å². The normalized spacial score (nSPS) is 12.4. The first kappa shape index (κ1) is 27.6. The first-order valence-electron chi connectivity index (χ1n) is 17.4. The number of pyridine rings is 2. The van der Waals surface area contributed by atoms with Gasteiger partial charge in [-0.05, 0) is 57.6 Å². The van der Waals surface area contributed by atoms with Crippen LogP contribution < -0.4 is 11.1 Å². The number of H-pyrrole nitrogens is 4. The molecule has 0 spiro atoms. The predicted molar refractivity (Wildman–Crippen MR) is 217 cm³/mol. The maximum Gasteiger partial charge on any atom is 0.258 e. The maximum atomic E-state index is 13.9. The summed E-state index contributed by atoms with van der Waals surface area (Å²) in [4.78, 5) is 41.4. The SMILES string of the molecule is O=c1[nH]c2ccccc2c2c3cc(-c4ccc5c(c4)[nH]c4c6ccccc6c6c7ccccc7[nH]c(=O)c6c54)ccc3c3c4ccccc4[nH]c3c12. The van der Waals surface area contributed by atoms with Crippen LogP contribution in [-0.2, 0) is 0 Å². The second-order valence-corrected chi connectivity index (χ2v) is 13.9. The summed E-state index contributed by atoms with van der Waals surface area (Å²) in [5.74, 6) is 0. The van der Waals surface area contributed by atoms with Crippen LogP contribution >= 0.6 is 0 Å². The number of para-hydroxylation sites is 3. The molecule has 0 unspecified atom stereocenters. The van der Waals surface area contributed by atoms with Crippen molar-refractivity contribution in [2.24, 2.45) is 0 Å².